The zero-order chi connectivity index (χ0) is 14.3. The number of hydrogen-bond donors (Lipinski definition) is 1. The van der Waals surface area contributed by atoms with Crippen LogP contribution < -0.4 is 4.90 Å². The summed E-state index contributed by atoms with van der Waals surface area (Å²) in [6.07, 6.45) is 0. The van der Waals surface area contributed by atoms with Gasteiger partial charge in [0.05, 0.1) is 0 Å². The first-order chi connectivity index (χ1) is 9.56. The third-order valence-corrected chi connectivity index (χ3v) is 3.83. The predicted octanol–water partition coefficient (Wildman–Crippen LogP) is 1.68. The van der Waals surface area contributed by atoms with Crippen molar-refractivity contribution in [2.24, 2.45) is 0 Å². The first-order valence-corrected chi connectivity index (χ1v) is 6.60. The van der Waals surface area contributed by atoms with Gasteiger partial charge in [-0.05, 0) is 25.5 Å². The van der Waals surface area contributed by atoms with Crippen LogP contribution in [0.4, 0.5) is 5.82 Å². The van der Waals surface area contributed by atoms with Gasteiger partial charge in [-0.1, -0.05) is 24.3 Å². The molecule has 2 heterocycles. The maximum absolute atomic E-state index is 11.2. The number of fused-ring (bicyclic) bond motifs is 1. The second-order valence-corrected chi connectivity index (χ2v) is 5.38. The number of rotatable bonds is 3. The summed E-state index contributed by atoms with van der Waals surface area (Å²) in [5.74, 6) is -0.208. The van der Waals surface area contributed by atoms with Crippen molar-refractivity contribution in [1.82, 2.24) is 9.88 Å². The molecule has 3 rings (SSSR count). The average molecular weight is 271 g/mol. The number of hydrogen-bond acceptors (Lipinski definition) is 4. The van der Waals surface area contributed by atoms with E-state index in [1.54, 1.807) is 6.07 Å². The molecule has 1 aromatic carbocycles. The van der Waals surface area contributed by atoms with Crippen molar-refractivity contribution >= 4 is 22.6 Å². The molecule has 0 saturated carbocycles. The van der Waals surface area contributed by atoms with Crippen LogP contribution in [0.5, 0.6) is 0 Å². The molecule has 0 amide bonds. The number of carboxylic acid groups (broad SMARTS) is 1. The number of anilines is 1. The molecule has 5 nitrogen and oxygen atoms in total. The van der Waals surface area contributed by atoms with E-state index >= 15 is 0 Å². The molecule has 0 unspecified atom stereocenters. The minimum absolute atomic E-state index is 0.104. The number of aromatic nitrogens is 1. The number of benzene rings is 1. The molecular formula is C15H17N3O2. The fourth-order valence-electron chi connectivity index (χ4n) is 2.49. The Kier molecular flexibility index (Phi) is 3.06. The minimum atomic E-state index is -0.985. The molecule has 0 radical (unpaired) electrons. The van der Waals surface area contributed by atoms with E-state index in [4.69, 9.17) is 0 Å². The van der Waals surface area contributed by atoms with Crippen molar-refractivity contribution in [3.8, 4) is 0 Å². The van der Waals surface area contributed by atoms with Gasteiger partial charge < -0.3 is 14.9 Å². The molecule has 1 saturated heterocycles. The molecule has 1 aliphatic rings. The summed E-state index contributed by atoms with van der Waals surface area (Å²) in [5.41, 5.74) is 0.104. The Labute approximate surface area is 117 Å². The van der Waals surface area contributed by atoms with Crippen LogP contribution in [-0.2, 0) is 0 Å². The van der Waals surface area contributed by atoms with Crippen LogP contribution in [0.2, 0.25) is 0 Å². The van der Waals surface area contributed by atoms with Crippen LogP contribution in [0, 0.1) is 0 Å². The maximum atomic E-state index is 11.2. The summed E-state index contributed by atoms with van der Waals surface area (Å²) in [7, 11) is 4.11. The van der Waals surface area contributed by atoms with Gasteiger partial charge in [-0.15, -0.1) is 0 Å². The molecule has 104 valence electrons. The van der Waals surface area contributed by atoms with Crippen LogP contribution in [0.1, 0.15) is 10.5 Å². The van der Waals surface area contributed by atoms with Gasteiger partial charge in [-0.3, -0.25) is 0 Å². The van der Waals surface area contributed by atoms with Gasteiger partial charge in [-0.2, -0.15) is 0 Å². The lowest BCUT2D eigenvalue weighted by molar-refractivity contribution is 0.0690. The Bertz CT molecular complexity index is 663. The molecule has 0 spiro atoms. The Hall–Kier alpha value is -2.14. The summed E-state index contributed by atoms with van der Waals surface area (Å²) in [5, 5.41) is 11.1. The third-order valence-electron chi connectivity index (χ3n) is 3.83. The number of carboxylic acids is 1. The molecule has 1 aliphatic heterocycles. The van der Waals surface area contributed by atoms with E-state index < -0.39 is 5.97 Å². The summed E-state index contributed by atoms with van der Waals surface area (Å²) in [4.78, 5) is 19.9. The number of likely N-dealkylation sites (N-methyl/N-ethyl adjacent to an activating group) is 1. The zero-order valence-corrected chi connectivity index (χ0v) is 11.6. The van der Waals surface area contributed by atoms with E-state index in [9.17, 15) is 9.90 Å². The fraction of sp³-hybridized carbons (Fsp3) is 0.333. The summed E-state index contributed by atoms with van der Waals surface area (Å²) < 4.78 is 0. The normalized spacial score (nSPS) is 15.7. The van der Waals surface area contributed by atoms with Crippen LogP contribution >= 0.6 is 0 Å². The van der Waals surface area contributed by atoms with Crippen molar-refractivity contribution in [1.29, 1.82) is 0 Å². The average Bonchev–Trinajstić information content (AvgIpc) is 2.36. The minimum Gasteiger partial charge on any atom is -0.477 e. The highest BCUT2D eigenvalue weighted by molar-refractivity contribution is 5.98. The summed E-state index contributed by atoms with van der Waals surface area (Å²) in [6.45, 7) is 1.76. The van der Waals surface area contributed by atoms with E-state index in [0.717, 1.165) is 29.7 Å². The molecule has 0 atom stereocenters. The fourth-order valence-corrected chi connectivity index (χ4v) is 2.49. The topological polar surface area (TPSA) is 56.7 Å². The van der Waals surface area contributed by atoms with Gasteiger partial charge in [0.25, 0.3) is 0 Å². The van der Waals surface area contributed by atoms with Crippen molar-refractivity contribution in [3.05, 3.63) is 36.0 Å². The van der Waals surface area contributed by atoms with E-state index in [1.807, 2.05) is 24.3 Å². The number of carbonyl (C=O) groups is 1. The standard InChI is InChI=1S/C15H17N3O2/c1-17(2)11-8-18(9-11)14-12-6-4-3-5-10(12)7-13(16-14)15(19)20/h3-7,11H,8-9H2,1-2H3,(H,19,20). The Morgan fingerprint density at radius 1 is 1.35 bits per heavy atom. The molecule has 0 aliphatic carbocycles. The lowest BCUT2D eigenvalue weighted by Gasteiger charge is -2.44. The highest BCUT2D eigenvalue weighted by Gasteiger charge is 2.30. The Balaban J connectivity index is 2.03. The van der Waals surface area contributed by atoms with E-state index in [2.05, 4.69) is 28.9 Å². The SMILES string of the molecule is CN(C)C1CN(c2nc(C(=O)O)cc3ccccc23)C1. The molecule has 1 aromatic heterocycles. The second-order valence-electron chi connectivity index (χ2n) is 5.38. The predicted molar refractivity (Wildman–Crippen MR) is 78.4 cm³/mol. The number of nitrogens with zero attached hydrogens (tertiary/aromatic N) is 3. The highest BCUT2D eigenvalue weighted by Crippen LogP contribution is 2.29. The quantitative estimate of drug-likeness (QED) is 0.920. The first kappa shape index (κ1) is 12.9. The van der Waals surface area contributed by atoms with Gasteiger partial charge in [-0.25, -0.2) is 9.78 Å². The molecule has 20 heavy (non-hydrogen) atoms. The molecule has 1 fully saturated rings. The first-order valence-electron chi connectivity index (χ1n) is 6.60. The van der Waals surface area contributed by atoms with Crippen LogP contribution in [-0.4, -0.2) is 54.2 Å². The monoisotopic (exact) mass is 271 g/mol. The van der Waals surface area contributed by atoms with Crippen molar-refractivity contribution in [2.75, 3.05) is 32.1 Å². The Morgan fingerprint density at radius 3 is 2.70 bits per heavy atom. The zero-order valence-electron chi connectivity index (χ0n) is 11.6. The van der Waals surface area contributed by atoms with Crippen LogP contribution in [0.25, 0.3) is 10.8 Å². The largest absolute Gasteiger partial charge is 0.477 e. The van der Waals surface area contributed by atoms with Gasteiger partial charge in [0, 0.05) is 24.5 Å². The highest BCUT2D eigenvalue weighted by atomic mass is 16.4. The van der Waals surface area contributed by atoms with Crippen molar-refractivity contribution < 1.29 is 9.90 Å². The van der Waals surface area contributed by atoms with Gasteiger partial charge >= 0.3 is 5.97 Å². The molecule has 1 N–H and O–H groups in total. The lowest BCUT2D eigenvalue weighted by Crippen LogP contribution is -2.57. The molecule has 5 heteroatoms. The van der Waals surface area contributed by atoms with Crippen molar-refractivity contribution in [3.63, 3.8) is 0 Å². The molecule has 0 bridgehead atoms. The second kappa shape index (κ2) is 4.76. The Morgan fingerprint density at radius 2 is 2.05 bits per heavy atom. The van der Waals surface area contributed by atoms with Gasteiger partial charge in [0.15, 0.2) is 5.69 Å². The van der Waals surface area contributed by atoms with Crippen LogP contribution in [0.3, 0.4) is 0 Å². The smallest absolute Gasteiger partial charge is 0.354 e. The molecular weight excluding hydrogens is 254 g/mol. The van der Waals surface area contributed by atoms with Crippen molar-refractivity contribution in [2.45, 2.75) is 6.04 Å². The van der Waals surface area contributed by atoms with E-state index in [1.165, 1.54) is 0 Å². The molecule has 2 aromatic rings. The summed E-state index contributed by atoms with van der Waals surface area (Å²) in [6, 6.07) is 9.92. The lowest BCUT2D eigenvalue weighted by atomic mass is 10.1. The van der Waals surface area contributed by atoms with Crippen LogP contribution in [0.15, 0.2) is 30.3 Å². The van der Waals surface area contributed by atoms with E-state index in [0.29, 0.717) is 6.04 Å². The summed E-state index contributed by atoms with van der Waals surface area (Å²) >= 11 is 0. The maximum Gasteiger partial charge on any atom is 0.354 e. The van der Waals surface area contributed by atoms with E-state index in [-0.39, 0.29) is 5.69 Å². The number of pyridine rings is 1. The van der Waals surface area contributed by atoms with Gasteiger partial charge in [0.1, 0.15) is 5.82 Å². The number of aromatic carboxylic acids is 1. The van der Waals surface area contributed by atoms with Gasteiger partial charge in [0.2, 0.25) is 0 Å². The third kappa shape index (κ3) is 2.10.